The van der Waals surface area contributed by atoms with Gasteiger partial charge >= 0.3 is 0 Å². The molecule has 0 saturated carbocycles. The van der Waals surface area contributed by atoms with E-state index < -0.39 is 4.92 Å². The molecule has 2 aromatic carbocycles. The van der Waals surface area contributed by atoms with Crippen LogP contribution in [0.15, 0.2) is 42.5 Å². The van der Waals surface area contributed by atoms with Gasteiger partial charge in [0.1, 0.15) is 5.02 Å². The van der Waals surface area contributed by atoms with E-state index in [2.05, 4.69) is 0 Å². The lowest BCUT2D eigenvalue weighted by molar-refractivity contribution is -0.385. The number of hydrogen-bond donors (Lipinski definition) is 0. The predicted octanol–water partition coefficient (Wildman–Crippen LogP) is 4.02. The van der Waals surface area contributed by atoms with Crippen molar-refractivity contribution < 1.29 is 9.72 Å². The molecule has 0 aliphatic heterocycles. The largest absolute Gasteiger partial charge is 0.294 e. The van der Waals surface area contributed by atoms with Gasteiger partial charge in [0.25, 0.3) is 5.69 Å². The van der Waals surface area contributed by atoms with Crippen LogP contribution >= 0.6 is 23.8 Å². The van der Waals surface area contributed by atoms with Crippen molar-refractivity contribution in [1.29, 1.82) is 0 Å². The first-order valence-electron chi connectivity index (χ1n) is 6.03. The van der Waals surface area contributed by atoms with Gasteiger partial charge in [-0.25, -0.2) is 0 Å². The van der Waals surface area contributed by atoms with Gasteiger partial charge in [0, 0.05) is 22.9 Å². The third kappa shape index (κ3) is 3.32. The first kappa shape index (κ1) is 15.3. The third-order valence-corrected chi connectivity index (χ3v) is 3.55. The van der Waals surface area contributed by atoms with Gasteiger partial charge < -0.3 is 0 Å². The molecule has 21 heavy (non-hydrogen) atoms. The van der Waals surface area contributed by atoms with Crippen LogP contribution in [0.4, 0.5) is 5.69 Å². The van der Waals surface area contributed by atoms with E-state index in [1.807, 2.05) is 0 Å². The summed E-state index contributed by atoms with van der Waals surface area (Å²) in [5, 5.41) is 12.5. The standard InChI is InChI=1S/C15H10ClNO3S/c16-13-7-3-5-10(15(13)17(19)20)8-14(18)12-6-2-1-4-11(12)9-21/h1-7,9H,8H2. The van der Waals surface area contributed by atoms with Gasteiger partial charge in [-0.1, -0.05) is 60.2 Å². The molecule has 0 spiro atoms. The highest BCUT2D eigenvalue weighted by Crippen LogP contribution is 2.29. The SMILES string of the molecule is O=C(Cc1cccc(Cl)c1[N+](=O)[O-])c1ccccc1C=S. The minimum Gasteiger partial charge on any atom is -0.294 e. The van der Waals surface area contributed by atoms with Crippen LogP contribution in [0.5, 0.6) is 0 Å². The molecule has 106 valence electrons. The van der Waals surface area contributed by atoms with E-state index in [0.29, 0.717) is 11.1 Å². The van der Waals surface area contributed by atoms with Crippen molar-refractivity contribution in [2.24, 2.45) is 0 Å². The number of benzene rings is 2. The highest BCUT2D eigenvalue weighted by molar-refractivity contribution is 7.79. The van der Waals surface area contributed by atoms with E-state index in [1.165, 1.54) is 17.5 Å². The smallest absolute Gasteiger partial charge is 0.291 e. The molecule has 0 saturated heterocycles. The molecule has 0 bridgehead atoms. The molecule has 0 aromatic heterocycles. The lowest BCUT2D eigenvalue weighted by atomic mass is 9.98. The van der Waals surface area contributed by atoms with Crippen LogP contribution in [-0.2, 0) is 6.42 Å². The first-order valence-corrected chi connectivity index (χ1v) is 6.88. The van der Waals surface area contributed by atoms with Crippen molar-refractivity contribution in [3.8, 4) is 0 Å². The fourth-order valence-corrected chi connectivity index (χ4v) is 2.50. The normalized spacial score (nSPS) is 10.1. The number of ketones is 1. The topological polar surface area (TPSA) is 60.2 Å². The van der Waals surface area contributed by atoms with Gasteiger partial charge in [-0.05, 0) is 11.6 Å². The quantitative estimate of drug-likeness (QED) is 0.361. The Morgan fingerprint density at radius 2 is 1.95 bits per heavy atom. The molecular formula is C15H10ClNO3S. The number of para-hydroxylation sites is 1. The van der Waals surface area contributed by atoms with Crippen molar-refractivity contribution in [3.63, 3.8) is 0 Å². The Balaban J connectivity index is 2.39. The molecule has 0 aliphatic rings. The number of nitro benzene ring substituents is 1. The van der Waals surface area contributed by atoms with Crippen molar-refractivity contribution >= 4 is 40.7 Å². The summed E-state index contributed by atoms with van der Waals surface area (Å²) >= 11 is 10.7. The maximum absolute atomic E-state index is 12.3. The van der Waals surface area contributed by atoms with Crippen molar-refractivity contribution in [2.45, 2.75) is 6.42 Å². The lowest BCUT2D eigenvalue weighted by Crippen LogP contribution is -2.08. The fraction of sp³-hybridized carbons (Fsp3) is 0.0667. The number of nitro groups is 1. The summed E-state index contributed by atoms with van der Waals surface area (Å²) in [5.41, 5.74) is 1.13. The maximum atomic E-state index is 12.3. The van der Waals surface area contributed by atoms with E-state index in [-0.39, 0.29) is 28.5 Å². The number of Topliss-reactive ketones (excluding diaryl/α,β-unsaturated/α-hetero) is 1. The lowest BCUT2D eigenvalue weighted by Gasteiger charge is -2.06. The minimum absolute atomic E-state index is 0.0217. The average molecular weight is 320 g/mol. The van der Waals surface area contributed by atoms with E-state index in [4.69, 9.17) is 23.8 Å². The second kappa shape index (κ2) is 6.56. The van der Waals surface area contributed by atoms with E-state index in [9.17, 15) is 14.9 Å². The summed E-state index contributed by atoms with van der Waals surface area (Å²) in [6.45, 7) is 0. The molecule has 0 N–H and O–H groups in total. The van der Waals surface area contributed by atoms with Crippen LogP contribution in [0.3, 0.4) is 0 Å². The Morgan fingerprint density at radius 1 is 1.24 bits per heavy atom. The van der Waals surface area contributed by atoms with E-state index in [0.717, 1.165) is 0 Å². The summed E-state index contributed by atoms with van der Waals surface area (Å²) in [5.74, 6) is -0.239. The Kier molecular flexibility index (Phi) is 4.77. The molecular weight excluding hydrogens is 310 g/mol. The first-order chi connectivity index (χ1) is 10.0. The van der Waals surface area contributed by atoms with Crippen molar-refractivity contribution in [2.75, 3.05) is 0 Å². The molecule has 0 amide bonds. The highest BCUT2D eigenvalue weighted by Gasteiger charge is 2.21. The molecule has 0 unspecified atom stereocenters. The van der Waals surface area contributed by atoms with Gasteiger partial charge in [-0.2, -0.15) is 0 Å². The average Bonchev–Trinajstić information content (AvgIpc) is 2.46. The van der Waals surface area contributed by atoms with Crippen LogP contribution in [0, 0.1) is 10.1 Å². The monoisotopic (exact) mass is 319 g/mol. The van der Waals surface area contributed by atoms with Crippen molar-refractivity contribution in [1.82, 2.24) is 0 Å². The van der Waals surface area contributed by atoms with E-state index in [1.54, 1.807) is 30.3 Å². The molecule has 0 heterocycles. The zero-order valence-corrected chi connectivity index (χ0v) is 12.4. The fourth-order valence-electron chi connectivity index (χ4n) is 2.03. The third-order valence-electron chi connectivity index (χ3n) is 2.99. The molecule has 2 rings (SSSR count). The van der Waals surface area contributed by atoms with Gasteiger partial charge in [-0.3, -0.25) is 14.9 Å². The Bertz CT molecular complexity index is 731. The Hall–Kier alpha value is -2.11. The zero-order chi connectivity index (χ0) is 15.4. The van der Waals surface area contributed by atoms with Gasteiger partial charge in [-0.15, -0.1) is 0 Å². The highest BCUT2D eigenvalue weighted by atomic mass is 35.5. The molecule has 0 atom stereocenters. The molecule has 4 nitrogen and oxygen atoms in total. The van der Waals surface area contributed by atoms with Crippen LogP contribution in [-0.4, -0.2) is 16.1 Å². The number of carbonyl (C=O) groups excluding carboxylic acids is 1. The van der Waals surface area contributed by atoms with Crippen LogP contribution in [0.2, 0.25) is 5.02 Å². The molecule has 0 radical (unpaired) electrons. The van der Waals surface area contributed by atoms with Gasteiger partial charge in [0.05, 0.1) is 4.92 Å². The number of halogens is 1. The van der Waals surface area contributed by atoms with Crippen LogP contribution < -0.4 is 0 Å². The molecule has 6 heteroatoms. The Morgan fingerprint density at radius 3 is 2.62 bits per heavy atom. The maximum Gasteiger partial charge on any atom is 0.291 e. The zero-order valence-electron chi connectivity index (χ0n) is 10.8. The number of rotatable bonds is 5. The Labute approximate surface area is 131 Å². The molecule has 0 fully saturated rings. The number of carbonyl (C=O) groups is 1. The second-order valence-electron chi connectivity index (χ2n) is 4.31. The number of thiocarbonyl (C=S) groups is 1. The summed E-state index contributed by atoms with van der Waals surface area (Å²) in [4.78, 5) is 22.8. The minimum atomic E-state index is -0.573. The molecule has 2 aromatic rings. The summed E-state index contributed by atoms with van der Waals surface area (Å²) in [6, 6.07) is 11.4. The summed E-state index contributed by atoms with van der Waals surface area (Å²) in [7, 11) is 0. The van der Waals surface area contributed by atoms with Crippen molar-refractivity contribution in [3.05, 3.63) is 74.3 Å². The van der Waals surface area contributed by atoms with Crippen LogP contribution in [0.25, 0.3) is 0 Å². The molecule has 0 aliphatic carbocycles. The number of hydrogen-bond acceptors (Lipinski definition) is 4. The number of nitrogens with zero attached hydrogens (tertiary/aromatic N) is 1. The second-order valence-corrected chi connectivity index (χ2v) is 4.95. The predicted molar refractivity (Wildman–Crippen MR) is 85.3 cm³/mol. The van der Waals surface area contributed by atoms with Gasteiger partial charge in [0.2, 0.25) is 0 Å². The van der Waals surface area contributed by atoms with E-state index >= 15 is 0 Å². The van der Waals surface area contributed by atoms with Gasteiger partial charge in [0.15, 0.2) is 5.78 Å². The summed E-state index contributed by atoms with van der Waals surface area (Å²) in [6.07, 6.45) is -0.100. The van der Waals surface area contributed by atoms with Crippen LogP contribution in [0.1, 0.15) is 21.5 Å². The summed E-state index contributed by atoms with van der Waals surface area (Å²) < 4.78 is 0.